The van der Waals surface area contributed by atoms with Gasteiger partial charge in [-0.2, -0.15) is 9.64 Å². The van der Waals surface area contributed by atoms with Crippen LogP contribution in [-0.2, 0) is 20.0 Å². The highest BCUT2D eigenvalue weighted by atomic mass is 32.2. The molecule has 4 rings (SSSR count). The predicted molar refractivity (Wildman–Crippen MR) is 136 cm³/mol. The molecule has 4 aromatic rings. The summed E-state index contributed by atoms with van der Waals surface area (Å²) in [5, 5.41) is 29.6. The number of nitriles is 1. The molecule has 2 heterocycles. The second-order valence-corrected chi connectivity index (χ2v) is 12.5. The molecule has 0 aliphatic rings. The average molecular weight is 546 g/mol. The molecule has 2 aromatic carbocycles. The van der Waals surface area contributed by atoms with Crippen molar-refractivity contribution in [3.63, 3.8) is 0 Å². The first-order valence-corrected chi connectivity index (χ1v) is 14.2. The van der Waals surface area contributed by atoms with Gasteiger partial charge in [-0.05, 0) is 36.7 Å². The normalized spacial score (nSPS) is 12.6. The van der Waals surface area contributed by atoms with E-state index < -0.39 is 30.7 Å². The number of benzene rings is 2. The fraction of sp³-hybridized carbons (Fsp3) is 0.190. The number of pyridine rings is 1. The molecular weight excluding hydrogens is 526 g/mol. The summed E-state index contributed by atoms with van der Waals surface area (Å²) in [4.78, 5) is 3.86. The van der Waals surface area contributed by atoms with Crippen molar-refractivity contribution in [2.45, 2.75) is 11.8 Å². The van der Waals surface area contributed by atoms with E-state index in [0.717, 1.165) is 28.2 Å². The van der Waals surface area contributed by atoms with Crippen molar-refractivity contribution in [3.8, 4) is 11.8 Å². The number of azo groups is 1. The van der Waals surface area contributed by atoms with Crippen LogP contribution in [0.15, 0.2) is 45.5 Å². The maximum Gasteiger partial charge on any atom is 0.246 e. The first-order valence-electron chi connectivity index (χ1n) is 10.1. The number of aryl methyl sites for hydroxylation is 1. The molecule has 186 valence electrons. The molecule has 0 aliphatic carbocycles. The molecular formula is C21H19N7O5S3. The Morgan fingerprint density at radius 2 is 1.86 bits per heavy atom. The van der Waals surface area contributed by atoms with E-state index in [1.807, 2.05) is 0 Å². The summed E-state index contributed by atoms with van der Waals surface area (Å²) in [6.07, 6.45) is 0.961. The van der Waals surface area contributed by atoms with Gasteiger partial charge in [-0.25, -0.2) is 26.1 Å². The number of sulfonamides is 2. The zero-order chi connectivity index (χ0) is 26.4. The molecule has 0 atom stereocenters. The van der Waals surface area contributed by atoms with E-state index >= 15 is 0 Å². The molecule has 12 nitrogen and oxygen atoms in total. The van der Waals surface area contributed by atoms with Gasteiger partial charge in [0.15, 0.2) is 10.6 Å². The molecule has 2 N–H and O–H groups in total. The van der Waals surface area contributed by atoms with E-state index in [-0.39, 0.29) is 22.1 Å². The Morgan fingerprint density at radius 1 is 1.14 bits per heavy atom. The number of hydrogen-bond acceptors (Lipinski definition) is 11. The van der Waals surface area contributed by atoms with Gasteiger partial charge in [0, 0.05) is 24.9 Å². The minimum absolute atomic E-state index is 0.0166. The molecule has 2 aromatic heterocycles. The SMILES string of the molecule is Cc1nc2nsc(N=Nc3cc(S(=O)(=O)N(C)C)c(O)c4cccc(NS(C)(=O)=O)c34)c2cc1C#N. The fourth-order valence-corrected chi connectivity index (χ4v) is 5.64. The van der Waals surface area contributed by atoms with Crippen LogP contribution in [0.3, 0.4) is 0 Å². The predicted octanol–water partition coefficient (Wildman–Crippen LogP) is 3.77. The molecule has 36 heavy (non-hydrogen) atoms. The van der Waals surface area contributed by atoms with Crippen molar-refractivity contribution in [1.82, 2.24) is 13.7 Å². The number of hydrogen-bond donors (Lipinski definition) is 2. The number of aromatic nitrogens is 2. The molecule has 0 aliphatic heterocycles. The highest BCUT2D eigenvalue weighted by molar-refractivity contribution is 7.92. The maximum absolute atomic E-state index is 12.9. The van der Waals surface area contributed by atoms with E-state index in [0.29, 0.717) is 27.3 Å². The van der Waals surface area contributed by atoms with Gasteiger partial charge in [0.25, 0.3) is 0 Å². The first-order chi connectivity index (χ1) is 16.8. The van der Waals surface area contributed by atoms with E-state index in [1.165, 1.54) is 32.3 Å². The number of rotatable bonds is 6. The lowest BCUT2D eigenvalue weighted by Gasteiger charge is -2.17. The molecule has 0 saturated heterocycles. The topological polar surface area (TPSA) is 178 Å². The summed E-state index contributed by atoms with van der Waals surface area (Å²) in [5.41, 5.74) is 1.28. The number of nitrogens with one attached hydrogen (secondary N) is 1. The highest BCUT2D eigenvalue weighted by Crippen LogP contribution is 2.44. The first kappa shape index (κ1) is 25.4. The Hall–Kier alpha value is -3.71. The van der Waals surface area contributed by atoms with Gasteiger partial charge in [0.05, 0.1) is 34.3 Å². The Labute approximate surface area is 210 Å². The maximum atomic E-state index is 12.9. The Kier molecular flexibility index (Phi) is 6.39. The van der Waals surface area contributed by atoms with E-state index in [4.69, 9.17) is 0 Å². The lowest BCUT2D eigenvalue weighted by atomic mass is 10.1. The summed E-state index contributed by atoms with van der Waals surface area (Å²) < 4.78 is 57.3. The molecule has 0 fully saturated rings. The molecule has 0 radical (unpaired) electrons. The summed E-state index contributed by atoms with van der Waals surface area (Å²) in [5.74, 6) is -0.559. The van der Waals surface area contributed by atoms with Gasteiger partial charge in [-0.3, -0.25) is 4.72 Å². The van der Waals surface area contributed by atoms with Crippen LogP contribution in [0.4, 0.5) is 16.4 Å². The Morgan fingerprint density at radius 3 is 2.50 bits per heavy atom. The number of fused-ring (bicyclic) bond motifs is 2. The quantitative estimate of drug-likeness (QED) is 0.344. The van der Waals surface area contributed by atoms with Crippen molar-refractivity contribution in [2.24, 2.45) is 10.2 Å². The van der Waals surface area contributed by atoms with Crippen LogP contribution in [-0.4, -0.2) is 56.0 Å². The van der Waals surface area contributed by atoms with Crippen molar-refractivity contribution < 1.29 is 21.9 Å². The van der Waals surface area contributed by atoms with Crippen LogP contribution in [0.5, 0.6) is 5.75 Å². The summed E-state index contributed by atoms with van der Waals surface area (Å²) >= 11 is 0.978. The molecule has 0 spiro atoms. The lowest BCUT2D eigenvalue weighted by Crippen LogP contribution is -2.22. The molecule has 0 bridgehead atoms. The van der Waals surface area contributed by atoms with Crippen LogP contribution in [0.1, 0.15) is 11.3 Å². The van der Waals surface area contributed by atoms with Gasteiger partial charge in [0.1, 0.15) is 16.7 Å². The summed E-state index contributed by atoms with van der Waals surface area (Å²) in [6.45, 7) is 1.68. The lowest BCUT2D eigenvalue weighted by molar-refractivity contribution is 0.458. The number of phenolic OH excluding ortho intramolecular Hbond substituents is 1. The Bertz CT molecular complexity index is 1820. The van der Waals surface area contributed by atoms with Crippen molar-refractivity contribution in [2.75, 3.05) is 25.1 Å². The van der Waals surface area contributed by atoms with Gasteiger partial charge < -0.3 is 5.11 Å². The second kappa shape index (κ2) is 9.06. The van der Waals surface area contributed by atoms with E-state index in [2.05, 4.69) is 30.4 Å². The van der Waals surface area contributed by atoms with Crippen LogP contribution < -0.4 is 4.72 Å². The Balaban J connectivity index is 2.01. The van der Waals surface area contributed by atoms with Crippen molar-refractivity contribution in [1.29, 1.82) is 5.26 Å². The molecule has 0 saturated carbocycles. The third kappa shape index (κ3) is 4.58. The summed E-state index contributed by atoms with van der Waals surface area (Å²) in [6, 6.07) is 9.13. The average Bonchev–Trinajstić information content (AvgIpc) is 3.18. The van der Waals surface area contributed by atoms with Crippen LogP contribution in [0, 0.1) is 18.3 Å². The third-order valence-corrected chi connectivity index (χ3v) is 8.30. The minimum atomic E-state index is -4.10. The summed E-state index contributed by atoms with van der Waals surface area (Å²) in [7, 11) is -5.20. The molecule has 0 unspecified atom stereocenters. The monoisotopic (exact) mass is 545 g/mol. The zero-order valence-electron chi connectivity index (χ0n) is 19.4. The highest BCUT2D eigenvalue weighted by Gasteiger charge is 2.26. The number of nitrogens with zero attached hydrogens (tertiary/aromatic N) is 6. The van der Waals surface area contributed by atoms with Crippen LogP contribution in [0.2, 0.25) is 0 Å². The largest absolute Gasteiger partial charge is 0.506 e. The zero-order valence-corrected chi connectivity index (χ0v) is 21.8. The fourth-order valence-electron chi connectivity index (χ4n) is 3.42. The van der Waals surface area contributed by atoms with Gasteiger partial charge >= 0.3 is 0 Å². The van der Waals surface area contributed by atoms with Gasteiger partial charge in [-0.15, -0.1) is 10.2 Å². The van der Waals surface area contributed by atoms with E-state index in [1.54, 1.807) is 13.0 Å². The number of anilines is 1. The van der Waals surface area contributed by atoms with Crippen LogP contribution in [0.25, 0.3) is 21.8 Å². The minimum Gasteiger partial charge on any atom is -0.506 e. The van der Waals surface area contributed by atoms with Crippen molar-refractivity contribution >= 4 is 69.8 Å². The second-order valence-electron chi connectivity index (χ2n) is 7.92. The third-order valence-electron chi connectivity index (χ3n) is 5.14. The standard InChI is InChI=1S/C21H19N7O5S3/c1-11-12(10-22)8-14-20(23-11)26-34-21(14)25-24-16-9-17(36(32,33)28(2)3)19(29)13-6-5-7-15(18(13)16)27-35(4,30)31/h5-9,27,29H,1-4H3. The molecule has 15 heteroatoms. The van der Waals surface area contributed by atoms with Crippen LogP contribution >= 0.6 is 11.5 Å². The van der Waals surface area contributed by atoms with Crippen molar-refractivity contribution in [3.05, 3.63) is 41.6 Å². The smallest absolute Gasteiger partial charge is 0.246 e. The van der Waals surface area contributed by atoms with Gasteiger partial charge in [0.2, 0.25) is 20.0 Å². The molecule has 0 amide bonds. The van der Waals surface area contributed by atoms with Gasteiger partial charge in [-0.1, -0.05) is 12.1 Å². The van der Waals surface area contributed by atoms with E-state index in [9.17, 15) is 27.2 Å². The number of aromatic hydroxyl groups is 1. The number of phenols is 1.